The van der Waals surface area contributed by atoms with Gasteiger partial charge in [-0.1, -0.05) is 11.6 Å². The van der Waals surface area contributed by atoms with Crippen LogP contribution >= 0.6 is 11.6 Å². The molecule has 1 saturated heterocycles. The maximum Gasteiger partial charge on any atom is 0.228 e. The van der Waals surface area contributed by atoms with E-state index in [2.05, 4.69) is 20.1 Å². The van der Waals surface area contributed by atoms with Gasteiger partial charge in [0.2, 0.25) is 5.91 Å². The second-order valence-corrected chi connectivity index (χ2v) is 7.60. The molecular formula is C19H22ClN5O. The molecule has 0 radical (unpaired) electrons. The van der Waals surface area contributed by atoms with Crippen molar-refractivity contribution < 1.29 is 4.79 Å². The second-order valence-electron chi connectivity index (χ2n) is 7.22. The molecule has 136 valence electrons. The number of halogens is 1. The second kappa shape index (κ2) is 6.50. The summed E-state index contributed by atoms with van der Waals surface area (Å²) in [6, 6.07) is 3.92. The van der Waals surface area contributed by atoms with Crippen molar-refractivity contribution in [2.24, 2.45) is 5.92 Å². The molecular weight excluding hydrogens is 350 g/mol. The highest BCUT2D eigenvalue weighted by Gasteiger charge is 2.35. The minimum atomic E-state index is -0.00992. The van der Waals surface area contributed by atoms with Crippen LogP contribution in [0.1, 0.15) is 34.6 Å². The first-order chi connectivity index (χ1) is 12.4. The van der Waals surface area contributed by atoms with E-state index in [1.54, 1.807) is 0 Å². The van der Waals surface area contributed by atoms with Gasteiger partial charge in [0.1, 0.15) is 0 Å². The molecule has 0 aromatic carbocycles. The van der Waals surface area contributed by atoms with Crippen molar-refractivity contribution in [2.45, 2.75) is 40.3 Å². The molecule has 0 saturated carbocycles. The average Bonchev–Trinajstić information content (AvgIpc) is 3.27. The first-order valence-corrected chi connectivity index (χ1v) is 9.30. The van der Waals surface area contributed by atoms with Crippen molar-refractivity contribution in [2.75, 3.05) is 18.0 Å². The van der Waals surface area contributed by atoms with Crippen LogP contribution in [0.4, 0.5) is 5.82 Å². The van der Waals surface area contributed by atoms with Gasteiger partial charge in [-0.25, -0.2) is 0 Å². The van der Waals surface area contributed by atoms with Crippen LogP contribution < -0.4 is 4.90 Å². The van der Waals surface area contributed by atoms with Gasteiger partial charge in [0.05, 0.1) is 34.6 Å². The molecule has 4 rings (SSSR count). The predicted octanol–water partition coefficient (Wildman–Crippen LogP) is 2.82. The molecule has 0 N–H and O–H groups in total. The molecule has 2 aromatic rings. The van der Waals surface area contributed by atoms with Crippen LogP contribution in [0.5, 0.6) is 0 Å². The summed E-state index contributed by atoms with van der Waals surface area (Å²) in [5.41, 5.74) is 4.87. The van der Waals surface area contributed by atoms with Crippen molar-refractivity contribution in [3.05, 3.63) is 45.4 Å². The van der Waals surface area contributed by atoms with E-state index in [9.17, 15) is 4.79 Å². The molecule has 7 heteroatoms. The summed E-state index contributed by atoms with van der Waals surface area (Å²) in [6.45, 7) is 8.55. The Morgan fingerprint density at radius 1 is 1.19 bits per heavy atom. The number of aromatic nitrogens is 3. The van der Waals surface area contributed by atoms with Gasteiger partial charge in [0, 0.05) is 19.6 Å². The van der Waals surface area contributed by atoms with Crippen LogP contribution in [0, 0.1) is 26.7 Å². The van der Waals surface area contributed by atoms with Gasteiger partial charge in [0.25, 0.3) is 0 Å². The number of carbonyl (C=O) groups excluding carboxylic acids is 1. The van der Waals surface area contributed by atoms with Crippen LogP contribution in [0.2, 0.25) is 5.02 Å². The standard InChI is InChI=1S/C19H22ClN5O/c1-11-4-5-17(23-22-11)24-7-6-14(8-24)19(26)25-9-15-12(2)18(20)13(3)21-16(15)10-25/h4-5,14H,6-10H2,1-3H3/t14-/m1/s1. The zero-order valence-electron chi connectivity index (χ0n) is 15.3. The molecule has 2 aromatic heterocycles. The lowest BCUT2D eigenvalue weighted by molar-refractivity contribution is -0.135. The average molecular weight is 372 g/mol. The predicted molar refractivity (Wildman–Crippen MR) is 100 cm³/mol. The smallest absolute Gasteiger partial charge is 0.228 e. The number of rotatable bonds is 2. The van der Waals surface area contributed by atoms with E-state index in [1.807, 2.05) is 37.8 Å². The summed E-state index contributed by atoms with van der Waals surface area (Å²) in [7, 11) is 0. The van der Waals surface area contributed by atoms with Gasteiger partial charge in [-0.05, 0) is 50.5 Å². The number of pyridine rings is 1. The van der Waals surface area contributed by atoms with Crippen molar-refractivity contribution in [1.29, 1.82) is 0 Å². The topological polar surface area (TPSA) is 62.2 Å². The zero-order valence-corrected chi connectivity index (χ0v) is 16.0. The minimum Gasteiger partial charge on any atom is -0.354 e. The van der Waals surface area contributed by atoms with Gasteiger partial charge in [-0.2, -0.15) is 5.10 Å². The van der Waals surface area contributed by atoms with Gasteiger partial charge in [0.15, 0.2) is 5.82 Å². The number of nitrogens with zero attached hydrogens (tertiary/aromatic N) is 5. The molecule has 1 amide bonds. The summed E-state index contributed by atoms with van der Waals surface area (Å²) in [6.07, 6.45) is 0.841. The normalized spacial score (nSPS) is 19.2. The molecule has 0 aliphatic carbocycles. The number of hydrogen-bond donors (Lipinski definition) is 0. The van der Waals surface area contributed by atoms with Crippen LogP contribution in [-0.4, -0.2) is 39.1 Å². The number of carbonyl (C=O) groups is 1. The summed E-state index contributed by atoms with van der Waals surface area (Å²) >= 11 is 6.33. The highest BCUT2D eigenvalue weighted by Crippen LogP contribution is 2.32. The van der Waals surface area contributed by atoms with Crippen LogP contribution in [0.25, 0.3) is 0 Å². The van der Waals surface area contributed by atoms with Crippen molar-refractivity contribution in [1.82, 2.24) is 20.1 Å². The molecule has 0 spiro atoms. The Bertz CT molecular complexity index is 867. The van der Waals surface area contributed by atoms with E-state index in [-0.39, 0.29) is 11.8 Å². The lowest BCUT2D eigenvalue weighted by Gasteiger charge is -2.21. The largest absolute Gasteiger partial charge is 0.354 e. The van der Waals surface area contributed by atoms with E-state index in [4.69, 9.17) is 11.6 Å². The zero-order chi connectivity index (χ0) is 18.4. The Labute approximate surface area is 158 Å². The molecule has 2 aliphatic heterocycles. The number of aryl methyl sites for hydroxylation is 2. The van der Waals surface area contributed by atoms with Gasteiger partial charge < -0.3 is 9.80 Å². The summed E-state index contributed by atoms with van der Waals surface area (Å²) in [4.78, 5) is 21.7. The number of fused-ring (bicyclic) bond motifs is 1. The van der Waals surface area contributed by atoms with Crippen LogP contribution in [-0.2, 0) is 17.9 Å². The fourth-order valence-electron chi connectivity index (χ4n) is 3.85. The molecule has 2 aliphatic rings. The monoisotopic (exact) mass is 371 g/mol. The molecule has 0 unspecified atom stereocenters. The van der Waals surface area contributed by atoms with E-state index in [0.717, 1.165) is 47.0 Å². The Morgan fingerprint density at radius 2 is 2.00 bits per heavy atom. The van der Waals surface area contributed by atoms with E-state index < -0.39 is 0 Å². The quantitative estimate of drug-likeness (QED) is 0.812. The SMILES string of the molecule is Cc1ccc(N2CC[C@@H](C(=O)N3Cc4nc(C)c(Cl)c(C)c4C3)C2)nn1. The Kier molecular flexibility index (Phi) is 4.31. The molecule has 6 nitrogen and oxygen atoms in total. The first kappa shape index (κ1) is 17.2. The van der Waals surface area contributed by atoms with Gasteiger partial charge >= 0.3 is 0 Å². The van der Waals surface area contributed by atoms with Crippen LogP contribution in [0.15, 0.2) is 12.1 Å². The van der Waals surface area contributed by atoms with E-state index in [0.29, 0.717) is 24.7 Å². The van der Waals surface area contributed by atoms with Gasteiger partial charge in [-0.3, -0.25) is 9.78 Å². The summed E-state index contributed by atoms with van der Waals surface area (Å²) in [5.74, 6) is 1.03. The number of hydrogen-bond acceptors (Lipinski definition) is 5. The fraction of sp³-hybridized carbons (Fsp3) is 0.474. The van der Waals surface area contributed by atoms with Crippen molar-refractivity contribution in [3.63, 3.8) is 0 Å². The highest BCUT2D eigenvalue weighted by atomic mass is 35.5. The fourth-order valence-corrected chi connectivity index (χ4v) is 4.01. The lowest BCUT2D eigenvalue weighted by atomic mass is 10.1. The van der Waals surface area contributed by atoms with Crippen molar-refractivity contribution >= 4 is 23.3 Å². The molecule has 26 heavy (non-hydrogen) atoms. The third-order valence-corrected chi connectivity index (χ3v) is 5.95. The maximum absolute atomic E-state index is 13.0. The Balaban J connectivity index is 1.46. The molecule has 0 bridgehead atoms. The molecule has 1 atom stereocenters. The molecule has 1 fully saturated rings. The van der Waals surface area contributed by atoms with E-state index in [1.165, 1.54) is 0 Å². The highest BCUT2D eigenvalue weighted by molar-refractivity contribution is 6.32. The number of amides is 1. The number of anilines is 1. The third kappa shape index (κ3) is 2.92. The minimum absolute atomic E-state index is 0.00992. The van der Waals surface area contributed by atoms with E-state index >= 15 is 0 Å². The third-order valence-electron chi connectivity index (χ3n) is 5.40. The lowest BCUT2D eigenvalue weighted by Crippen LogP contribution is -2.34. The van der Waals surface area contributed by atoms with Crippen LogP contribution in [0.3, 0.4) is 0 Å². The summed E-state index contributed by atoms with van der Waals surface area (Å²) < 4.78 is 0. The Hall–Kier alpha value is -2.21. The maximum atomic E-state index is 13.0. The Morgan fingerprint density at radius 3 is 2.73 bits per heavy atom. The van der Waals surface area contributed by atoms with Gasteiger partial charge in [-0.15, -0.1) is 5.10 Å². The first-order valence-electron chi connectivity index (χ1n) is 8.92. The molecule has 4 heterocycles. The summed E-state index contributed by atoms with van der Waals surface area (Å²) in [5, 5.41) is 9.07. The van der Waals surface area contributed by atoms with Crippen molar-refractivity contribution in [3.8, 4) is 0 Å².